The SMILES string of the molecule is Cc1ccccc1S(=O)Cc1ccc(C(=O)NCc2cccc(Cl)c2)o1. The molecule has 0 aliphatic rings. The van der Waals surface area contributed by atoms with Gasteiger partial charge >= 0.3 is 0 Å². The Labute approximate surface area is 159 Å². The van der Waals surface area contributed by atoms with Crippen molar-refractivity contribution in [3.63, 3.8) is 0 Å². The largest absolute Gasteiger partial charge is 0.455 e. The maximum atomic E-state index is 12.5. The van der Waals surface area contributed by atoms with Gasteiger partial charge in [-0.3, -0.25) is 9.00 Å². The topological polar surface area (TPSA) is 59.3 Å². The van der Waals surface area contributed by atoms with E-state index in [4.69, 9.17) is 16.0 Å². The van der Waals surface area contributed by atoms with E-state index in [0.29, 0.717) is 17.3 Å². The first kappa shape index (κ1) is 18.4. The predicted molar refractivity (Wildman–Crippen MR) is 103 cm³/mol. The van der Waals surface area contributed by atoms with Crippen LogP contribution in [0.5, 0.6) is 0 Å². The average molecular weight is 388 g/mol. The maximum Gasteiger partial charge on any atom is 0.287 e. The minimum Gasteiger partial charge on any atom is -0.455 e. The van der Waals surface area contributed by atoms with Gasteiger partial charge in [-0.05, 0) is 48.4 Å². The molecule has 3 rings (SSSR count). The molecule has 0 saturated heterocycles. The lowest BCUT2D eigenvalue weighted by Crippen LogP contribution is -2.22. The molecule has 26 heavy (non-hydrogen) atoms. The van der Waals surface area contributed by atoms with E-state index in [1.54, 1.807) is 24.3 Å². The number of halogens is 1. The Bertz CT molecular complexity index is 951. The molecule has 0 radical (unpaired) electrons. The van der Waals surface area contributed by atoms with E-state index in [1.165, 1.54) is 0 Å². The summed E-state index contributed by atoms with van der Waals surface area (Å²) in [5.74, 6) is 0.619. The lowest BCUT2D eigenvalue weighted by atomic mass is 10.2. The summed E-state index contributed by atoms with van der Waals surface area (Å²) in [5.41, 5.74) is 1.87. The summed E-state index contributed by atoms with van der Waals surface area (Å²) in [5, 5.41) is 3.40. The van der Waals surface area contributed by atoms with Crippen molar-refractivity contribution in [2.75, 3.05) is 0 Å². The van der Waals surface area contributed by atoms with Crippen LogP contribution in [0.4, 0.5) is 0 Å². The van der Waals surface area contributed by atoms with Crippen LogP contribution in [0.1, 0.15) is 27.4 Å². The van der Waals surface area contributed by atoms with Crippen LogP contribution in [-0.4, -0.2) is 10.1 Å². The molecule has 0 aliphatic heterocycles. The molecule has 1 amide bonds. The van der Waals surface area contributed by atoms with Crippen LogP contribution < -0.4 is 5.32 Å². The zero-order valence-corrected chi connectivity index (χ0v) is 15.8. The molecule has 0 bridgehead atoms. The molecule has 0 spiro atoms. The fourth-order valence-corrected chi connectivity index (χ4v) is 3.95. The van der Waals surface area contributed by atoms with E-state index in [-0.39, 0.29) is 17.4 Å². The summed E-state index contributed by atoms with van der Waals surface area (Å²) in [6.07, 6.45) is 0. The number of hydrogen-bond acceptors (Lipinski definition) is 3. The molecule has 1 N–H and O–H groups in total. The van der Waals surface area contributed by atoms with Gasteiger partial charge in [0.15, 0.2) is 5.76 Å². The van der Waals surface area contributed by atoms with Crippen molar-refractivity contribution in [2.24, 2.45) is 0 Å². The van der Waals surface area contributed by atoms with Crippen LogP contribution in [0.25, 0.3) is 0 Å². The Balaban J connectivity index is 1.61. The number of hydrogen-bond donors (Lipinski definition) is 1. The average Bonchev–Trinajstić information content (AvgIpc) is 3.08. The van der Waals surface area contributed by atoms with Gasteiger partial charge < -0.3 is 9.73 Å². The quantitative estimate of drug-likeness (QED) is 0.678. The fraction of sp³-hybridized carbons (Fsp3) is 0.150. The molecular formula is C20H18ClNO3S. The van der Waals surface area contributed by atoms with E-state index in [9.17, 15) is 9.00 Å². The predicted octanol–water partition coefficient (Wildman–Crippen LogP) is 4.48. The van der Waals surface area contributed by atoms with E-state index < -0.39 is 10.8 Å². The number of rotatable bonds is 6. The smallest absolute Gasteiger partial charge is 0.287 e. The van der Waals surface area contributed by atoms with Gasteiger partial charge in [0.2, 0.25) is 0 Å². The summed E-state index contributed by atoms with van der Waals surface area (Å²) < 4.78 is 18.1. The Hall–Kier alpha value is -2.37. The van der Waals surface area contributed by atoms with Crippen LogP contribution in [0.3, 0.4) is 0 Å². The molecule has 134 valence electrons. The Morgan fingerprint density at radius 2 is 1.92 bits per heavy atom. The van der Waals surface area contributed by atoms with Crippen molar-refractivity contribution in [3.8, 4) is 0 Å². The highest BCUT2D eigenvalue weighted by Gasteiger charge is 2.14. The standard InChI is InChI=1S/C20H18ClNO3S/c1-14-5-2-3-8-19(14)26(24)13-17-9-10-18(25-17)20(23)22-12-15-6-4-7-16(21)11-15/h2-11H,12-13H2,1H3,(H,22,23). The summed E-state index contributed by atoms with van der Waals surface area (Å²) in [7, 11) is -1.22. The van der Waals surface area contributed by atoms with Crippen LogP contribution in [0.15, 0.2) is 70.0 Å². The molecule has 6 heteroatoms. The third-order valence-electron chi connectivity index (χ3n) is 3.84. The normalized spacial score (nSPS) is 11.9. The van der Waals surface area contributed by atoms with Crippen LogP contribution >= 0.6 is 11.6 Å². The highest BCUT2D eigenvalue weighted by atomic mass is 35.5. The number of benzene rings is 2. The number of nitrogens with one attached hydrogen (secondary N) is 1. The third-order valence-corrected chi connectivity index (χ3v) is 5.57. The second-order valence-electron chi connectivity index (χ2n) is 5.83. The fourth-order valence-electron chi connectivity index (χ4n) is 2.51. The van der Waals surface area contributed by atoms with Gasteiger partial charge in [-0.15, -0.1) is 0 Å². The Morgan fingerprint density at radius 1 is 1.12 bits per heavy atom. The monoisotopic (exact) mass is 387 g/mol. The molecule has 0 aliphatic carbocycles. The molecule has 1 aromatic heterocycles. The van der Waals surface area contributed by atoms with Crippen molar-refractivity contribution in [3.05, 3.63) is 88.3 Å². The van der Waals surface area contributed by atoms with Gasteiger partial charge in [0.1, 0.15) is 5.76 Å². The molecule has 2 aromatic carbocycles. The van der Waals surface area contributed by atoms with Crippen molar-refractivity contribution in [1.82, 2.24) is 5.32 Å². The van der Waals surface area contributed by atoms with Gasteiger partial charge in [-0.1, -0.05) is 41.9 Å². The first-order valence-electron chi connectivity index (χ1n) is 8.08. The number of amides is 1. The Morgan fingerprint density at radius 3 is 2.69 bits per heavy atom. The van der Waals surface area contributed by atoms with Crippen LogP contribution in [0.2, 0.25) is 5.02 Å². The molecule has 1 unspecified atom stereocenters. The van der Waals surface area contributed by atoms with Gasteiger partial charge in [-0.2, -0.15) is 0 Å². The maximum absolute atomic E-state index is 12.5. The summed E-state index contributed by atoms with van der Waals surface area (Å²) in [6.45, 7) is 2.27. The number of carbonyl (C=O) groups is 1. The third kappa shape index (κ3) is 4.62. The zero-order chi connectivity index (χ0) is 18.5. The zero-order valence-electron chi connectivity index (χ0n) is 14.2. The minimum atomic E-state index is -1.22. The highest BCUT2D eigenvalue weighted by molar-refractivity contribution is 7.84. The molecule has 3 aromatic rings. The second-order valence-corrected chi connectivity index (χ2v) is 7.69. The lowest BCUT2D eigenvalue weighted by Gasteiger charge is -2.05. The molecule has 0 saturated carbocycles. The van der Waals surface area contributed by atoms with E-state index in [0.717, 1.165) is 16.0 Å². The van der Waals surface area contributed by atoms with Crippen molar-refractivity contribution in [2.45, 2.75) is 24.1 Å². The number of aryl methyl sites for hydroxylation is 1. The first-order valence-corrected chi connectivity index (χ1v) is 9.78. The second kappa shape index (κ2) is 8.34. The number of carbonyl (C=O) groups excluding carboxylic acids is 1. The van der Waals surface area contributed by atoms with Gasteiger partial charge in [0.05, 0.1) is 16.6 Å². The van der Waals surface area contributed by atoms with E-state index in [1.807, 2.05) is 43.3 Å². The van der Waals surface area contributed by atoms with Crippen molar-refractivity contribution >= 4 is 28.3 Å². The highest BCUT2D eigenvalue weighted by Crippen LogP contribution is 2.18. The minimum absolute atomic E-state index is 0.198. The van der Waals surface area contributed by atoms with Crippen molar-refractivity contribution in [1.29, 1.82) is 0 Å². The Kier molecular flexibility index (Phi) is 5.91. The summed E-state index contributed by atoms with van der Waals surface area (Å²) in [6, 6.07) is 18.1. The van der Waals surface area contributed by atoms with Crippen LogP contribution in [-0.2, 0) is 23.1 Å². The summed E-state index contributed by atoms with van der Waals surface area (Å²) >= 11 is 5.93. The van der Waals surface area contributed by atoms with E-state index in [2.05, 4.69) is 5.32 Å². The molecule has 4 nitrogen and oxygen atoms in total. The molecular weight excluding hydrogens is 370 g/mol. The van der Waals surface area contributed by atoms with E-state index >= 15 is 0 Å². The molecule has 0 fully saturated rings. The van der Waals surface area contributed by atoms with Crippen molar-refractivity contribution < 1.29 is 13.4 Å². The number of furan rings is 1. The van der Waals surface area contributed by atoms with Gasteiger partial charge in [-0.25, -0.2) is 0 Å². The van der Waals surface area contributed by atoms with Gasteiger partial charge in [0.25, 0.3) is 5.91 Å². The molecule has 1 heterocycles. The lowest BCUT2D eigenvalue weighted by molar-refractivity contribution is 0.0921. The molecule has 1 atom stereocenters. The van der Waals surface area contributed by atoms with Crippen LogP contribution in [0, 0.1) is 6.92 Å². The summed E-state index contributed by atoms with van der Waals surface area (Å²) in [4.78, 5) is 13.0. The first-order chi connectivity index (χ1) is 12.5. The van der Waals surface area contributed by atoms with Gasteiger partial charge in [0, 0.05) is 16.5 Å².